The lowest BCUT2D eigenvalue weighted by molar-refractivity contribution is 0.161. The molecule has 1 saturated carbocycles. The van der Waals surface area contributed by atoms with Crippen LogP contribution in [0.3, 0.4) is 0 Å². The molecule has 0 aromatic heterocycles. The Bertz CT molecular complexity index is 165. The molecule has 2 rings (SSSR count). The summed E-state index contributed by atoms with van der Waals surface area (Å²) in [7, 11) is 0. The number of rotatable bonds is 3. The Kier molecular flexibility index (Phi) is 2.89. The van der Waals surface area contributed by atoms with Crippen LogP contribution in [0, 0.1) is 5.92 Å². The van der Waals surface area contributed by atoms with E-state index in [1.807, 2.05) is 0 Å². The zero-order valence-electron chi connectivity index (χ0n) is 8.92. The highest BCUT2D eigenvalue weighted by atomic mass is 15.2. The largest absolute Gasteiger partial charge is 0.311 e. The van der Waals surface area contributed by atoms with Crippen LogP contribution in [0.4, 0.5) is 0 Å². The van der Waals surface area contributed by atoms with Gasteiger partial charge in [0, 0.05) is 31.7 Å². The van der Waals surface area contributed by atoms with E-state index >= 15 is 0 Å². The fraction of sp³-hybridized carbons (Fsp3) is 1.00. The van der Waals surface area contributed by atoms with Crippen LogP contribution in [0.1, 0.15) is 33.1 Å². The first-order valence-corrected chi connectivity index (χ1v) is 5.78. The van der Waals surface area contributed by atoms with Gasteiger partial charge in [0.15, 0.2) is 0 Å². The van der Waals surface area contributed by atoms with Gasteiger partial charge in [0.1, 0.15) is 0 Å². The number of nitrogens with one attached hydrogen (secondary N) is 1. The van der Waals surface area contributed by atoms with Gasteiger partial charge >= 0.3 is 0 Å². The van der Waals surface area contributed by atoms with Crippen LogP contribution in [-0.4, -0.2) is 36.6 Å². The standard InChI is InChI=1S/C11H22N2/c1-3-9(2)11-8-13(7-6-12-11)10-4-5-10/h9-12H,3-8H2,1-2H3. The fourth-order valence-electron chi connectivity index (χ4n) is 2.24. The van der Waals surface area contributed by atoms with Gasteiger partial charge in [-0.2, -0.15) is 0 Å². The summed E-state index contributed by atoms with van der Waals surface area (Å²) in [5.41, 5.74) is 0. The Hall–Kier alpha value is -0.0800. The first kappa shape index (κ1) is 9.47. The van der Waals surface area contributed by atoms with Crippen LogP contribution in [0.2, 0.25) is 0 Å². The third kappa shape index (κ3) is 2.23. The van der Waals surface area contributed by atoms with Crippen molar-refractivity contribution in [1.29, 1.82) is 0 Å². The molecule has 0 spiro atoms. The maximum atomic E-state index is 3.64. The minimum Gasteiger partial charge on any atom is -0.311 e. The molecule has 2 unspecified atom stereocenters. The van der Waals surface area contributed by atoms with Gasteiger partial charge < -0.3 is 5.32 Å². The molecule has 0 aromatic rings. The van der Waals surface area contributed by atoms with Gasteiger partial charge in [0.05, 0.1) is 0 Å². The molecule has 2 atom stereocenters. The zero-order chi connectivity index (χ0) is 9.26. The summed E-state index contributed by atoms with van der Waals surface area (Å²) in [5.74, 6) is 0.835. The quantitative estimate of drug-likeness (QED) is 0.711. The predicted molar refractivity (Wildman–Crippen MR) is 55.8 cm³/mol. The van der Waals surface area contributed by atoms with E-state index in [2.05, 4.69) is 24.1 Å². The lowest BCUT2D eigenvalue weighted by Crippen LogP contribution is -2.53. The van der Waals surface area contributed by atoms with Gasteiger partial charge in [0.2, 0.25) is 0 Å². The average molecular weight is 182 g/mol. The molecule has 1 saturated heterocycles. The minimum absolute atomic E-state index is 0.749. The van der Waals surface area contributed by atoms with E-state index in [4.69, 9.17) is 0 Å². The van der Waals surface area contributed by atoms with Crippen LogP contribution in [0.25, 0.3) is 0 Å². The average Bonchev–Trinajstić information content (AvgIpc) is 3.00. The molecule has 0 aromatic carbocycles. The van der Waals surface area contributed by atoms with E-state index in [9.17, 15) is 0 Å². The Labute approximate surface area is 81.7 Å². The van der Waals surface area contributed by atoms with Crippen LogP contribution in [0.15, 0.2) is 0 Å². The summed E-state index contributed by atoms with van der Waals surface area (Å²) in [6, 6.07) is 1.70. The Morgan fingerprint density at radius 3 is 2.85 bits per heavy atom. The third-order valence-electron chi connectivity index (χ3n) is 3.63. The summed E-state index contributed by atoms with van der Waals surface area (Å²) in [5, 5.41) is 3.64. The Balaban J connectivity index is 1.83. The van der Waals surface area contributed by atoms with E-state index in [1.54, 1.807) is 0 Å². The SMILES string of the molecule is CCC(C)C1CN(C2CC2)CCN1. The molecule has 2 aliphatic rings. The maximum Gasteiger partial charge on any atom is 0.0221 e. The molecule has 76 valence electrons. The van der Waals surface area contributed by atoms with Gasteiger partial charge in [0.25, 0.3) is 0 Å². The van der Waals surface area contributed by atoms with Crippen molar-refractivity contribution in [3.05, 3.63) is 0 Å². The highest BCUT2D eigenvalue weighted by Gasteiger charge is 2.33. The van der Waals surface area contributed by atoms with E-state index in [-0.39, 0.29) is 0 Å². The van der Waals surface area contributed by atoms with Gasteiger partial charge in [-0.1, -0.05) is 20.3 Å². The minimum atomic E-state index is 0.749. The van der Waals surface area contributed by atoms with Gasteiger partial charge in [-0.25, -0.2) is 0 Å². The van der Waals surface area contributed by atoms with Crippen molar-refractivity contribution in [2.45, 2.75) is 45.2 Å². The van der Waals surface area contributed by atoms with Gasteiger partial charge in [-0.05, 0) is 18.8 Å². The molecule has 1 aliphatic heterocycles. The second kappa shape index (κ2) is 3.97. The van der Waals surface area contributed by atoms with Crippen molar-refractivity contribution in [2.24, 2.45) is 5.92 Å². The van der Waals surface area contributed by atoms with E-state index in [0.717, 1.165) is 18.0 Å². The third-order valence-corrected chi connectivity index (χ3v) is 3.63. The molecule has 1 N–H and O–H groups in total. The molecule has 13 heavy (non-hydrogen) atoms. The van der Waals surface area contributed by atoms with Gasteiger partial charge in [-0.15, -0.1) is 0 Å². The normalized spacial score (nSPS) is 33.2. The summed E-state index contributed by atoms with van der Waals surface area (Å²) >= 11 is 0. The van der Waals surface area contributed by atoms with Crippen LogP contribution >= 0.6 is 0 Å². The number of hydrogen-bond acceptors (Lipinski definition) is 2. The predicted octanol–water partition coefficient (Wildman–Crippen LogP) is 1.47. The first-order chi connectivity index (χ1) is 6.31. The highest BCUT2D eigenvalue weighted by molar-refractivity contribution is 4.91. The van der Waals surface area contributed by atoms with E-state index in [0.29, 0.717) is 0 Å². The Morgan fingerprint density at radius 1 is 1.46 bits per heavy atom. The monoisotopic (exact) mass is 182 g/mol. The lowest BCUT2D eigenvalue weighted by atomic mass is 9.97. The van der Waals surface area contributed by atoms with Crippen LogP contribution in [-0.2, 0) is 0 Å². The number of nitrogens with zero attached hydrogens (tertiary/aromatic N) is 1. The van der Waals surface area contributed by atoms with Gasteiger partial charge in [-0.3, -0.25) is 4.90 Å². The summed E-state index contributed by atoms with van der Waals surface area (Å²) < 4.78 is 0. The van der Waals surface area contributed by atoms with Crippen molar-refractivity contribution in [1.82, 2.24) is 10.2 Å². The second-order valence-corrected chi connectivity index (χ2v) is 4.67. The fourth-order valence-corrected chi connectivity index (χ4v) is 2.24. The van der Waals surface area contributed by atoms with Crippen LogP contribution < -0.4 is 5.32 Å². The number of hydrogen-bond donors (Lipinski definition) is 1. The molecule has 0 radical (unpaired) electrons. The molecule has 2 heteroatoms. The van der Waals surface area contributed by atoms with Crippen molar-refractivity contribution >= 4 is 0 Å². The molecule has 0 amide bonds. The topological polar surface area (TPSA) is 15.3 Å². The van der Waals surface area contributed by atoms with Crippen molar-refractivity contribution in [3.8, 4) is 0 Å². The molecule has 1 heterocycles. The molecule has 1 aliphatic carbocycles. The van der Waals surface area contributed by atoms with E-state index in [1.165, 1.54) is 38.9 Å². The molecule has 2 nitrogen and oxygen atoms in total. The summed E-state index contributed by atoms with van der Waals surface area (Å²) in [6.07, 6.45) is 4.20. The van der Waals surface area contributed by atoms with E-state index < -0.39 is 0 Å². The second-order valence-electron chi connectivity index (χ2n) is 4.67. The summed E-state index contributed by atoms with van der Waals surface area (Å²) in [6.45, 7) is 8.43. The van der Waals surface area contributed by atoms with Crippen molar-refractivity contribution in [3.63, 3.8) is 0 Å². The van der Waals surface area contributed by atoms with Crippen molar-refractivity contribution in [2.75, 3.05) is 19.6 Å². The molecule has 2 fully saturated rings. The molecule has 0 bridgehead atoms. The highest BCUT2D eigenvalue weighted by Crippen LogP contribution is 2.28. The van der Waals surface area contributed by atoms with Crippen LogP contribution in [0.5, 0.6) is 0 Å². The Morgan fingerprint density at radius 2 is 2.23 bits per heavy atom. The lowest BCUT2D eigenvalue weighted by Gasteiger charge is -2.36. The summed E-state index contributed by atoms with van der Waals surface area (Å²) in [4.78, 5) is 2.69. The molecular formula is C11H22N2. The smallest absolute Gasteiger partial charge is 0.0221 e. The van der Waals surface area contributed by atoms with Crippen molar-refractivity contribution < 1.29 is 0 Å². The maximum absolute atomic E-state index is 3.64. The number of piperazine rings is 1. The molecular weight excluding hydrogens is 160 g/mol. The first-order valence-electron chi connectivity index (χ1n) is 5.78. The zero-order valence-corrected chi connectivity index (χ0v) is 8.92.